The summed E-state index contributed by atoms with van der Waals surface area (Å²) in [6.07, 6.45) is -4.07. The monoisotopic (exact) mass is 404 g/mol. The number of nitrogens with one attached hydrogen (secondary N) is 1. The van der Waals surface area contributed by atoms with E-state index >= 15 is 0 Å². The van der Waals surface area contributed by atoms with Crippen LogP contribution in [-0.2, 0) is 27.5 Å². The number of thiazole rings is 1. The minimum Gasteiger partial charge on any atom is -0.406 e. The first-order chi connectivity index (χ1) is 10.8. The fourth-order valence-corrected chi connectivity index (χ4v) is 4.34. The fraction of sp³-hybridized carbons (Fsp3) is 0.364. The quantitative estimate of drug-likeness (QED) is 0.703. The van der Waals surface area contributed by atoms with Crippen molar-refractivity contribution in [2.45, 2.75) is 17.8 Å². The molecule has 0 saturated carbocycles. The number of rotatable bonds is 1. The Labute approximate surface area is 140 Å². The van der Waals surface area contributed by atoms with Crippen molar-refractivity contribution in [2.75, 3.05) is 12.0 Å². The molecule has 1 aliphatic rings. The van der Waals surface area contributed by atoms with Gasteiger partial charge >= 0.3 is 6.36 Å². The first-order valence-corrected chi connectivity index (χ1v) is 10.1. The maximum Gasteiger partial charge on any atom is 0.573 e. The molecule has 2 aromatic rings. The average Bonchev–Trinajstić information content (AvgIpc) is 2.66. The second kappa shape index (κ2) is 6.46. The Bertz CT molecular complexity index is 954. The summed E-state index contributed by atoms with van der Waals surface area (Å²) in [5, 5.41) is 7.77. The molecular weight excluding hydrogens is 393 g/mol. The number of nitrogens with zero attached hydrogens (tertiary/aromatic N) is 1. The van der Waals surface area contributed by atoms with E-state index in [-0.39, 0.29) is 4.80 Å². The molecule has 1 aromatic carbocycles. The van der Waals surface area contributed by atoms with E-state index in [9.17, 15) is 25.8 Å². The third-order valence-electron chi connectivity index (χ3n) is 2.71. The highest BCUT2D eigenvalue weighted by molar-refractivity contribution is 7.85. The Morgan fingerprint density at radius 3 is 2.54 bits per heavy atom. The van der Waals surface area contributed by atoms with Gasteiger partial charge < -0.3 is 9.30 Å². The van der Waals surface area contributed by atoms with Gasteiger partial charge in [0.2, 0.25) is 0 Å². The van der Waals surface area contributed by atoms with E-state index in [0.717, 1.165) is 17.4 Å². The summed E-state index contributed by atoms with van der Waals surface area (Å²) < 4.78 is 80.5. The lowest BCUT2D eigenvalue weighted by atomic mass is 10.3. The van der Waals surface area contributed by atoms with Crippen molar-refractivity contribution in [1.29, 1.82) is 5.41 Å². The van der Waals surface area contributed by atoms with Crippen LogP contribution in [-0.4, -0.2) is 40.1 Å². The highest BCUT2D eigenvalue weighted by Crippen LogP contribution is 2.34. The van der Waals surface area contributed by atoms with Gasteiger partial charge in [-0.15, -0.1) is 13.2 Å². The van der Waals surface area contributed by atoms with Crippen molar-refractivity contribution < 1.29 is 35.1 Å². The van der Waals surface area contributed by atoms with Crippen molar-refractivity contribution in [1.82, 2.24) is 4.57 Å². The third kappa shape index (κ3) is 4.78. The maximum atomic E-state index is 12.2. The largest absolute Gasteiger partial charge is 0.573 e. The van der Waals surface area contributed by atoms with E-state index in [2.05, 4.69) is 4.74 Å². The summed E-state index contributed by atoms with van der Waals surface area (Å²) in [7, 11) is -5.03. The topological polar surface area (TPSA) is 109 Å². The summed E-state index contributed by atoms with van der Waals surface area (Å²) >= 11 is 1.05. The predicted molar refractivity (Wildman–Crippen MR) is 81.1 cm³/mol. The Morgan fingerprint density at radius 1 is 1.42 bits per heavy atom. The van der Waals surface area contributed by atoms with Crippen molar-refractivity contribution in [2.24, 2.45) is 0 Å². The van der Waals surface area contributed by atoms with Crippen molar-refractivity contribution in [3.63, 3.8) is 0 Å². The van der Waals surface area contributed by atoms with E-state index in [4.69, 9.17) is 9.96 Å². The zero-order valence-corrected chi connectivity index (χ0v) is 14.4. The molecule has 1 aromatic heterocycles. The summed E-state index contributed by atoms with van der Waals surface area (Å²) in [5.41, 5.74) is 0.578. The molecule has 7 nitrogen and oxygen atoms in total. The first-order valence-electron chi connectivity index (χ1n) is 6.14. The van der Waals surface area contributed by atoms with Crippen LogP contribution in [0.3, 0.4) is 0 Å². The van der Waals surface area contributed by atoms with Crippen LogP contribution in [0.25, 0.3) is 10.2 Å². The number of benzene rings is 1. The van der Waals surface area contributed by atoms with E-state index in [1.165, 1.54) is 6.07 Å². The highest BCUT2D eigenvalue weighted by Gasteiger charge is 2.32. The van der Waals surface area contributed by atoms with E-state index in [0.29, 0.717) is 33.7 Å². The number of alkyl halides is 3. The predicted octanol–water partition coefficient (Wildman–Crippen LogP) is 1.71. The van der Waals surface area contributed by atoms with Gasteiger partial charge in [0.05, 0.1) is 32.2 Å². The van der Waals surface area contributed by atoms with Gasteiger partial charge in [0.25, 0.3) is 10.1 Å². The summed E-state index contributed by atoms with van der Waals surface area (Å²) in [6.45, 7) is 0.442. The zero-order valence-electron chi connectivity index (χ0n) is 12.0. The molecular formula is C11H11F3N2O5S3. The molecule has 0 aliphatic carbocycles. The number of aryl methyl sites for hydroxylation is 1. The smallest absolute Gasteiger partial charge is 0.406 e. The van der Waals surface area contributed by atoms with E-state index < -0.39 is 33.0 Å². The molecule has 134 valence electrons. The number of hydrogen-bond donors (Lipinski definition) is 2. The molecule has 0 unspecified atom stereocenters. The van der Waals surface area contributed by atoms with Gasteiger partial charge in [-0.1, -0.05) is 11.3 Å². The Hall–Kier alpha value is -1.44. The minimum absolute atomic E-state index is 0.233. The second-order valence-corrected chi connectivity index (χ2v) is 8.69. The van der Waals surface area contributed by atoms with Gasteiger partial charge in [0.15, 0.2) is 4.80 Å². The number of ether oxygens (including phenoxy) is 1. The van der Waals surface area contributed by atoms with Gasteiger partial charge in [-0.3, -0.25) is 14.2 Å². The molecule has 24 heavy (non-hydrogen) atoms. The van der Waals surface area contributed by atoms with Gasteiger partial charge in [-0.25, -0.2) is 0 Å². The molecule has 3 rings (SSSR count). The average molecular weight is 404 g/mol. The lowest BCUT2D eigenvalue weighted by Crippen LogP contribution is -2.22. The van der Waals surface area contributed by atoms with Crippen molar-refractivity contribution in [3.05, 3.63) is 16.9 Å². The highest BCUT2D eigenvalue weighted by atomic mass is 32.2. The third-order valence-corrected chi connectivity index (χ3v) is 5.01. The lowest BCUT2D eigenvalue weighted by molar-refractivity contribution is -0.274. The van der Waals surface area contributed by atoms with Gasteiger partial charge in [-0.05, 0) is 6.07 Å². The molecule has 2 N–H and O–H groups in total. The van der Waals surface area contributed by atoms with E-state index in [1.54, 1.807) is 4.57 Å². The summed E-state index contributed by atoms with van der Waals surface area (Å²) in [4.78, 5) is 0.537. The lowest BCUT2D eigenvalue weighted by Gasteiger charge is -2.16. The maximum absolute atomic E-state index is 12.2. The molecule has 0 radical (unpaired) electrons. The standard InChI is InChI=1S/C10H7F3N2O2S2.CH4O3S/c11-10(12,13)17-5-3-6-8-7(4-5)19(16)2-1-15(8)9(14)18-6;1-5(2,3)4/h3-4,14H,1-2H2;1H3,(H,2,3,4)/t19-;/m0./s1. The van der Waals surface area contributed by atoms with Crippen LogP contribution in [0.15, 0.2) is 17.0 Å². The van der Waals surface area contributed by atoms with Crippen LogP contribution < -0.4 is 9.54 Å². The van der Waals surface area contributed by atoms with Crippen LogP contribution in [0.5, 0.6) is 5.75 Å². The molecule has 0 fully saturated rings. The Balaban J connectivity index is 0.000000368. The van der Waals surface area contributed by atoms with Gasteiger partial charge in [0.1, 0.15) is 5.75 Å². The van der Waals surface area contributed by atoms with Gasteiger partial charge in [0, 0.05) is 18.4 Å². The van der Waals surface area contributed by atoms with E-state index in [1.807, 2.05) is 0 Å². The van der Waals surface area contributed by atoms with Gasteiger partial charge in [-0.2, -0.15) is 8.42 Å². The summed E-state index contributed by atoms with van der Waals surface area (Å²) in [5.74, 6) is -0.0937. The number of hydrogen-bond acceptors (Lipinski definition) is 6. The molecule has 2 heterocycles. The SMILES string of the molecule is CS(=O)(=O)O.N=c1sc2cc(OC(F)(F)F)cc3c2n1CC[S@@]3=O. The van der Waals surface area contributed by atoms with Crippen LogP contribution in [0.1, 0.15) is 0 Å². The zero-order chi connectivity index (χ0) is 18.3. The molecule has 13 heteroatoms. The minimum atomic E-state index is -4.78. The second-order valence-electron chi connectivity index (χ2n) is 4.66. The Morgan fingerprint density at radius 2 is 2.00 bits per heavy atom. The molecule has 0 saturated heterocycles. The first kappa shape index (κ1) is 18.9. The van der Waals surface area contributed by atoms with Crippen molar-refractivity contribution in [3.8, 4) is 5.75 Å². The van der Waals surface area contributed by atoms with Crippen LogP contribution >= 0.6 is 11.3 Å². The van der Waals surface area contributed by atoms with Crippen LogP contribution in [0.4, 0.5) is 13.2 Å². The summed E-state index contributed by atoms with van der Waals surface area (Å²) in [6, 6.07) is 2.38. The van der Waals surface area contributed by atoms with Crippen LogP contribution in [0, 0.1) is 5.41 Å². The Kier molecular flexibility index (Phi) is 5.09. The molecule has 1 atom stereocenters. The number of aromatic nitrogens is 1. The fourth-order valence-electron chi connectivity index (χ4n) is 2.03. The normalized spacial score (nSPS) is 17.3. The molecule has 0 bridgehead atoms. The van der Waals surface area contributed by atoms with Crippen molar-refractivity contribution >= 4 is 42.5 Å². The molecule has 1 aliphatic heterocycles. The number of halogens is 3. The molecule has 0 spiro atoms. The van der Waals surface area contributed by atoms with Crippen LogP contribution in [0.2, 0.25) is 0 Å². The molecule has 0 amide bonds.